The lowest BCUT2D eigenvalue weighted by molar-refractivity contribution is -0.0230. The van der Waals surface area contributed by atoms with Gasteiger partial charge in [0.25, 0.3) is 5.91 Å². The van der Waals surface area contributed by atoms with Crippen LogP contribution in [0.1, 0.15) is 35.5 Å². The highest BCUT2D eigenvalue weighted by Crippen LogP contribution is 2.22. The van der Waals surface area contributed by atoms with Gasteiger partial charge in [-0.15, -0.1) is 0 Å². The molecule has 1 aliphatic heterocycles. The first-order valence-electron chi connectivity index (χ1n) is 7.62. The van der Waals surface area contributed by atoms with Crippen molar-refractivity contribution in [3.8, 4) is 0 Å². The van der Waals surface area contributed by atoms with E-state index >= 15 is 0 Å². The van der Waals surface area contributed by atoms with Crippen molar-refractivity contribution in [2.24, 2.45) is 0 Å². The van der Waals surface area contributed by atoms with Gasteiger partial charge in [-0.3, -0.25) is 14.5 Å². The van der Waals surface area contributed by atoms with E-state index in [1.807, 2.05) is 27.9 Å². The largest absolute Gasteiger partial charge is 0.370 e. The van der Waals surface area contributed by atoms with Gasteiger partial charge < -0.3 is 9.64 Å². The topological polar surface area (TPSA) is 60.2 Å². The lowest BCUT2D eigenvalue weighted by Gasteiger charge is -2.32. The predicted octanol–water partition coefficient (Wildman–Crippen LogP) is 1.90. The Bertz CT molecular complexity index is 626. The van der Waals surface area contributed by atoms with Gasteiger partial charge in [-0.05, 0) is 30.2 Å². The number of rotatable bonds is 4. The maximum atomic E-state index is 12.6. The van der Waals surface area contributed by atoms with Crippen LogP contribution in [0.4, 0.5) is 0 Å². The van der Waals surface area contributed by atoms with Gasteiger partial charge in [-0.25, -0.2) is 0 Å². The maximum Gasteiger partial charge on any atom is 0.274 e. The van der Waals surface area contributed by atoms with E-state index in [0.717, 1.165) is 18.5 Å². The van der Waals surface area contributed by atoms with Gasteiger partial charge in [0.05, 0.1) is 13.2 Å². The first-order chi connectivity index (χ1) is 10.8. The molecular formula is C16H20N4O2. The van der Waals surface area contributed by atoms with E-state index in [4.69, 9.17) is 4.74 Å². The third-order valence-electron chi connectivity index (χ3n) is 3.74. The maximum absolute atomic E-state index is 12.6. The highest BCUT2D eigenvalue weighted by Gasteiger charge is 2.27. The molecule has 3 heterocycles. The zero-order valence-electron chi connectivity index (χ0n) is 12.7. The van der Waals surface area contributed by atoms with E-state index in [-0.39, 0.29) is 12.0 Å². The number of carbonyl (C=O) groups excluding carboxylic acids is 1. The summed E-state index contributed by atoms with van der Waals surface area (Å²) in [6.07, 6.45) is 6.24. The number of ether oxygens (including phenoxy) is 1. The van der Waals surface area contributed by atoms with Crippen LogP contribution in [0.3, 0.4) is 0 Å². The Morgan fingerprint density at radius 1 is 1.36 bits per heavy atom. The van der Waals surface area contributed by atoms with E-state index in [9.17, 15) is 4.79 Å². The van der Waals surface area contributed by atoms with Gasteiger partial charge in [0.2, 0.25) is 0 Å². The van der Waals surface area contributed by atoms with Gasteiger partial charge in [0.15, 0.2) is 0 Å². The quantitative estimate of drug-likeness (QED) is 0.865. The zero-order chi connectivity index (χ0) is 15.4. The average molecular weight is 300 g/mol. The van der Waals surface area contributed by atoms with E-state index in [1.165, 1.54) is 0 Å². The van der Waals surface area contributed by atoms with Crippen molar-refractivity contribution in [3.63, 3.8) is 0 Å². The van der Waals surface area contributed by atoms with E-state index in [0.29, 0.717) is 25.4 Å². The minimum atomic E-state index is -0.0987. The second-order valence-electron chi connectivity index (χ2n) is 5.36. The minimum absolute atomic E-state index is 0.0304. The molecule has 0 bridgehead atoms. The Morgan fingerprint density at radius 2 is 2.18 bits per heavy atom. The van der Waals surface area contributed by atoms with Crippen LogP contribution in [0.5, 0.6) is 0 Å². The summed E-state index contributed by atoms with van der Waals surface area (Å²) in [5.41, 5.74) is 1.55. The Kier molecular flexibility index (Phi) is 4.48. The number of pyridine rings is 1. The van der Waals surface area contributed by atoms with Crippen LogP contribution in [0.2, 0.25) is 0 Å². The molecule has 2 aromatic rings. The van der Waals surface area contributed by atoms with E-state index in [2.05, 4.69) is 17.0 Å². The average Bonchev–Trinajstić information content (AvgIpc) is 3.04. The summed E-state index contributed by atoms with van der Waals surface area (Å²) < 4.78 is 7.59. The molecule has 0 aliphatic carbocycles. The molecule has 0 radical (unpaired) electrons. The summed E-state index contributed by atoms with van der Waals surface area (Å²) in [6, 6.07) is 5.64. The molecule has 0 N–H and O–H groups in total. The lowest BCUT2D eigenvalue weighted by atomic mass is 10.1. The number of carbonyl (C=O) groups is 1. The number of hydrogen-bond donors (Lipinski definition) is 0. The van der Waals surface area contributed by atoms with Crippen LogP contribution in [-0.4, -0.2) is 45.3 Å². The van der Waals surface area contributed by atoms with Crippen molar-refractivity contribution in [2.45, 2.75) is 26.0 Å². The molecule has 116 valence electrons. The molecule has 1 fully saturated rings. The second kappa shape index (κ2) is 6.70. The van der Waals surface area contributed by atoms with Gasteiger partial charge in [-0.1, -0.05) is 6.92 Å². The monoisotopic (exact) mass is 300 g/mol. The molecule has 0 unspecified atom stereocenters. The van der Waals surface area contributed by atoms with Gasteiger partial charge in [0.1, 0.15) is 11.8 Å². The summed E-state index contributed by atoms with van der Waals surface area (Å²) in [6.45, 7) is 4.60. The van der Waals surface area contributed by atoms with Gasteiger partial charge in [0, 0.05) is 31.7 Å². The lowest BCUT2D eigenvalue weighted by Crippen LogP contribution is -2.42. The molecular weight excluding hydrogens is 280 g/mol. The number of nitrogens with zero attached hydrogens (tertiary/aromatic N) is 4. The number of morpholine rings is 1. The van der Waals surface area contributed by atoms with Gasteiger partial charge >= 0.3 is 0 Å². The number of hydrogen-bond acceptors (Lipinski definition) is 4. The van der Waals surface area contributed by atoms with Crippen LogP contribution in [-0.2, 0) is 11.3 Å². The van der Waals surface area contributed by atoms with Crippen LogP contribution < -0.4 is 0 Å². The molecule has 1 saturated heterocycles. The Hall–Kier alpha value is -2.21. The summed E-state index contributed by atoms with van der Waals surface area (Å²) in [5.74, 6) is -0.0304. The second-order valence-corrected chi connectivity index (χ2v) is 5.36. The minimum Gasteiger partial charge on any atom is -0.370 e. The molecule has 0 saturated carbocycles. The molecule has 6 heteroatoms. The fourth-order valence-electron chi connectivity index (χ4n) is 2.60. The molecule has 22 heavy (non-hydrogen) atoms. The van der Waals surface area contributed by atoms with Crippen molar-refractivity contribution in [1.29, 1.82) is 0 Å². The van der Waals surface area contributed by atoms with Gasteiger partial charge in [-0.2, -0.15) is 5.10 Å². The molecule has 1 atom stereocenters. The first-order valence-corrected chi connectivity index (χ1v) is 7.62. The van der Waals surface area contributed by atoms with E-state index in [1.54, 1.807) is 18.5 Å². The van der Waals surface area contributed by atoms with Crippen molar-refractivity contribution >= 4 is 5.91 Å². The molecule has 3 rings (SSSR count). The predicted molar refractivity (Wildman–Crippen MR) is 81.4 cm³/mol. The Balaban J connectivity index is 1.69. The molecule has 1 amide bonds. The summed E-state index contributed by atoms with van der Waals surface area (Å²) in [7, 11) is 0. The van der Waals surface area contributed by atoms with Crippen molar-refractivity contribution in [2.75, 3.05) is 19.7 Å². The SMILES string of the molecule is CCCn1ccc(C(=O)N2CCO[C@H](c3ccncc3)C2)n1. The van der Waals surface area contributed by atoms with Crippen molar-refractivity contribution < 1.29 is 9.53 Å². The molecule has 0 spiro atoms. The van der Waals surface area contributed by atoms with Crippen LogP contribution in [0.25, 0.3) is 0 Å². The smallest absolute Gasteiger partial charge is 0.274 e. The zero-order valence-corrected chi connectivity index (χ0v) is 12.7. The summed E-state index contributed by atoms with van der Waals surface area (Å²) in [5, 5.41) is 4.35. The standard InChI is InChI=1S/C16H20N4O2/c1-2-8-20-9-5-14(18-20)16(21)19-10-11-22-15(12-19)13-3-6-17-7-4-13/h3-7,9,15H,2,8,10-12H2,1H3/t15-/m0/s1. The van der Waals surface area contributed by atoms with Crippen LogP contribution in [0.15, 0.2) is 36.8 Å². The summed E-state index contributed by atoms with van der Waals surface area (Å²) >= 11 is 0. The fourth-order valence-corrected chi connectivity index (χ4v) is 2.60. The number of amides is 1. The molecule has 1 aliphatic rings. The van der Waals surface area contributed by atoms with Crippen LogP contribution in [0, 0.1) is 0 Å². The normalized spacial score (nSPS) is 18.4. The highest BCUT2D eigenvalue weighted by atomic mass is 16.5. The Labute approximate surface area is 129 Å². The van der Waals surface area contributed by atoms with Crippen LogP contribution >= 0.6 is 0 Å². The Morgan fingerprint density at radius 3 is 2.95 bits per heavy atom. The van der Waals surface area contributed by atoms with E-state index < -0.39 is 0 Å². The number of aryl methyl sites for hydroxylation is 1. The fraction of sp³-hybridized carbons (Fsp3) is 0.438. The first kappa shape index (κ1) is 14.7. The highest BCUT2D eigenvalue weighted by molar-refractivity contribution is 5.92. The van der Waals surface area contributed by atoms with Crippen molar-refractivity contribution in [3.05, 3.63) is 48.0 Å². The molecule has 2 aromatic heterocycles. The molecule has 0 aromatic carbocycles. The van der Waals surface area contributed by atoms with Crippen molar-refractivity contribution in [1.82, 2.24) is 19.7 Å². The number of aromatic nitrogens is 3. The third kappa shape index (κ3) is 3.17. The third-order valence-corrected chi connectivity index (χ3v) is 3.74. The summed E-state index contributed by atoms with van der Waals surface area (Å²) in [4.78, 5) is 18.4. The molecule has 6 nitrogen and oxygen atoms in total.